The SMILES string of the molecule is CC(=O)O[C@@H]1[C@@H]2O[C@H](C[C@H]1OC(C)=O)OC2=O. The van der Waals surface area contributed by atoms with Crippen LogP contribution in [-0.2, 0) is 33.3 Å². The van der Waals surface area contributed by atoms with E-state index in [-0.39, 0.29) is 6.42 Å². The predicted molar refractivity (Wildman–Crippen MR) is 50.5 cm³/mol. The van der Waals surface area contributed by atoms with Gasteiger partial charge in [0.2, 0.25) is 6.29 Å². The Kier molecular flexibility index (Phi) is 3.01. The summed E-state index contributed by atoms with van der Waals surface area (Å²) in [7, 11) is 0. The van der Waals surface area contributed by atoms with E-state index in [1.54, 1.807) is 0 Å². The van der Waals surface area contributed by atoms with Crippen molar-refractivity contribution in [3.8, 4) is 0 Å². The van der Waals surface area contributed by atoms with E-state index in [0.717, 1.165) is 0 Å². The maximum atomic E-state index is 11.4. The molecule has 2 rings (SSSR count). The smallest absolute Gasteiger partial charge is 0.341 e. The number of hydrogen-bond acceptors (Lipinski definition) is 7. The van der Waals surface area contributed by atoms with E-state index in [1.807, 2.05) is 0 Å². The molecular weight excluding hydrogens is 232 g/mol. The zero-order valence-corrected chi connectivity index (χ0v) is 9.37. The molecule has 2 bridgehead atoms. The molecule has 0 spiro atoms. The zero-order chi connectivity index (χ0) is 12.6. The average Bonchev–Trinajstić information content (AvgIpc) is 2.48. The third-order valence-corrected chi connectivity index (χ3v) is 2.49. The Hall–Kier alpha value is -1.63. The molecule has 0 N–H and O–H groups in total. The zero-order valence-electron chi connectivity index (χ0n) is 9.37. The van der Waals surface area contributed by atoms with Crippen LogP contribution in [0.1, 0.15) is 20.3 Å². The van der Waals surface area contributed by atoms with Crippen LogP contribution in [0.2, 0.25) is 0 Å². The minimum absolute atomic E-state index is 0.166. The maximum absolute atomic E-state index is 11.4. The van der Waals surface area contributed by atoms with Gasteiger partial charge >= 0.3 is 17.9 Å². The van der Waals surface area contributed by atoms with Crippen LogP contribution in [0.15, 0.2) is 0 Å². The van der Waals surface area contributed by atoms with Crippen molar-refractivity contribution in [2.75, 3.05) is 0 Å². The third-order valence-electron chi connectivity index (χ3n) is 2.49. The minimum Gasteiger partial charge on any atom is -0.458 e. The normalized spacial score (nSPS) is 35.1. The number of hydrogen-bond donors (Lipinski definition) is 0. The molecule has 0 radical (unpaired) electrons. The molecule has 2 fully saturated rings. The van der Waals surface area contributed by atoms with Gasteiger partial charge in [-0.3, -0.25) is 9.59 Å². The highest BCUT2D eigenvalue weighted by molar-refractivity contribution is 5.78. The fourth-order valence-electron chi connectivity index (χ4n) is 1.94. The summed E-state index contributed by atoms with van der Waals surface area (Å²) in [5.74, 6) is -1.69. The number of carbonyl (C=O) groups excluding carboxylic acids is 3. The van der Waals surface area contributed by atoms with Gasteiger partial charge in [-0.25, -0.2) is 4.79 Å². The summed E-state index contributed by atoms with van der Waals surface area (Å²) in [6, 6.07) is 0. The van der Waals surface area contributed by atoms with Crippen LogP contribution in [0.5, 0.6) is 0 Å². The molecule has 0 aliphatic carbocycles. The van der Waals surface area contributed by atoms with E-state index < -0.39 is 42.5 Å². The Morgan fingerprint density at radius 3 is 2.47 bits per heavy atom. The van der Waals surface area contributed by atoms with Gasteiger partial charge in [-0.2, -0.15) is 0 Å². The lowest BCUT2D eigenvalue weighted by Crippen LogP contribution is -2.49. The molecule has 2 aliphatic rings. The molecule has 2 heterocycles. The summed E-state index contributed by atoms with van der Waals surface area (Å²) in [6.07, 6.45) is -3.24. The van der Waals surface area contributed by atoms with Gasteiger partial charge in [-0.05, 0) is 0 Å². The van der Waals surface area contributed by atoms with Crippen molar-refractivity contribution >= 4 is 17.9 Å². The Bertz CT molecular complexity index is 364. The van der Waals surface area contributed by atoms with Crippen molar-refractivity contribution in [2.45, 2.75) is 44.9 Å². The molecular formula is C10H12O7. The second-order valence-electron chi connectivity index (χ2n) is 3.88. The molecule has 7 nitrogen and oxygen atoms in total. The average molecular weight is 244 g/mol. The van der Waals surface area contributed by atoms with Crippen molar-refractivity contribution in [1.29, 1.82) is 0 Å². The van der Waals surface area contributed by atoms with E-state index in [9.17, 15) is 14.4 Å². The number of esters is 3. The van der Waals surface area contributed by atoms with Crippen LogP contribution >= 0.6 is 0 Å². The van der Waals surface area contributed by atoms with Gasteiger partial charge in [0.05, 0.1) is 6.42 Å². The van der Waals surface area contributed by atoms with Gasteiger partial charge in [0.25, 0.3) is 0 Å². The molecule has 2 saturated heterocycles. The van der Waals surface area contributed by atoms with Crippen molar-refractivity contribution in [3.63, 3.8) is 0 Å². The molecule has 0 aromatic heterocycles. The summed E-state index contributed by atoms with van der Waals surface area (Å²) < 4.78 is 20.0. The second-order valence-corrected chi connectivity index (χ2v) is 3.88. The van der Waals surface area contributed by atoms with E-state index in [4.69, 9.17) is 18.9 Å². The number of carbonyl (C=O) groups is 3. The molecule has 0 aromatic rings. The van der Waals surface area contributed by atoms with E-state index in [2.05, 4.69) is 0 Å². The number of rotatable bonds is 2. The lowest BCUT2D eigenvalue weighted by atomic mass is 10.0. The maximum Gasteiger partial charge on any atom is 0.341 e. The van der Waals surface area contributed by atoms with Gasteiger partial charge < -0.3 is 18.9 Å². The first-order valence-corrected chi connectivity index (χ1v) is 5.18. The van der Waals surface area contributed by atoms with Gasteiger partial charge in [-0.1, -0.05) is 0 Å². The second kappa shape index (κ2) is 4.33. The fraction of sp³-hybridized carbons (Fsp3) is 0.700. The van der Waals surface area contributed by atoms with Crippen LogP contribution < -0.4 is 0 Å². The number of fused-ring (bicyclic) bond motifs is 2. The van der Waals surface area contributed by atoms with Crippen molar-refractivity contribution in [1.82, 2.24) is 0 Å². The monoisotopic (exact) mass is 244 g/mol. The van der Waals surface area contributed by atoms with E-state index >= 15 is 0 Å². The van der Waals surface area contributed by atoms with Crippen LogP contribution in [0.4, 0.5) is 0 Å². The lowest BCUT2D eigenvalue weighted by Gasteiger charge is -2.31. The molecule has 94 valence electrons. The van der Waals surface area contributed by atoms with Crippen LogP contribution in [-0.4, -0.2) is 42.5 Å². The predicted octanol–water partition coefficient (Wildman–Crippen LogP) is -0.478. The summed E-state index contributed by atoms with van der Waals surface area (Å²) >= 11 is 0. The first kappa shape index (κ1) is 11.8. The lowest BCUT2D eigenvalue weighted by molar-refractivity contribution is -0.203. The quantitative estimate of drug-likeness (QED) is 0.479. The highest BCUT2D eigenvalue weighted by atomic mass is 16.8. The first-order valence-electron chi connectivity index (χ1n) is 5.18. The van der Waals surface area contributed by atoms with E-state index in [0.29, 0.717) is 0 Å². The highest BCUT2D eigenvalue weighted by Gasteiger charge is 2.53. The number of ether oxygens (including phenoxy) is 4. The molecule has 2 aliphatic heterocycles. The van der Waals surface area contributed by atoms with Gasteiger partial charge in [0.1, 0.15) is 6.10 Å². The molecule has 0 saturated carbocycles. The molecule has 17 heavy (non-hydrogen) atoms. The fourth-order valence-corrected chi connectivity index (χ4v) is 1.94. The van der Waals surface area contributed by atoms with Crippen LogP contribution in [0, 0.1) is 0 Å². The molecule has 0 unspecified atom stereocenters. The Morgan fingerprint density at radius 1 is 1.24 bits per heavy atom. The van der Waals surface area contributed by atoms with Crippen molar-refractivity contribution in [3.05, 3.63) is 0 Å². The standard InChI is InChI=1S/C10H12O7/c1-4(11)14-6-3-7-16-9(10(13)17-7)8(6)15-5(2)12/h6-9H,3H2,1-2H3/t6-,7+,8+,9+/m1/s1. The topological polar surface area (TPSA) is 88.1 Å². The van der Waals surface area contributed by atoms with Crippen LogP contribution in [0.3, 0.4) is 0 Å². The summed E-state index contributed by atoms with van der Waals surface area (Å²) in [5, 5.41) is 0. The third kappa shape index (κ3) is 2.38. The molecule has 0 amide bonds. The first-order chi connectivity index (χ1) is 7.97. The molecule has 4 atom stereocenters. The Labute approximate surface area is 97.0 Å². The minimum atomic E-state index is -1.01. The molecule has 7 heteroatoms. The van der Waals surface area contributed by atoms with E-state index in [1.165, 1.54) is 13.8 Å². The van der Waals surface area contributed by atoms with Gasteiger partial charge in [0.15, 0.2) is 12.2 Å². The summed E-state index contributed by atoms with van der Waals surface area (Å²) in [4.78, 5) is 33.3. The van der Waals surface area contributed by atoms with Crippen molar-refractivity contribution < 1.29 is 33.3 Å². The van der Waals surface area contributed by atoms with Gasteiger partial charge in [-0.15, -0.1) is 0 Å². The highest BCUT2D eigenvalue weighted by Crippen LogP contribution is 2.32. The summed E-state index contributed by atoms with van der Waals surface area (Å²) in [6.45, 7) is 2.45. The Balaban J connectivity index is 2.16. The van der Waals surface area contributed by atoms with Gasteiger partial charge in [0, 0.05) is 13.8 Å². The summed E-state index contributed by atoms with van der Waals surface area (Å²) in [5.41, 5.74) is 0. The molecule has 0 aromatic carbocycles. The van der Waals surface area contributed by atoms with Crippen molar-refractivity contribution in [2.24, 2.45) is 0 Å². The van der Waals surface area contributed by atoms with Crippen LogP contribution in [0.25, 0.3) is 0 Å². The largest absolute Gasteiger partial charge is 0.458 e. The Morgan fingerprint density at radius 2 is 1.88 bits per heavy atom.